The number of pyridine rings is 1. The molecule has 20 heavy (non-hydrogen) atoms. The molecule has 0 amide bonds. The van der Waals surface area contributed by atoms with Gasteiger partial charge in [-0.1, -0.05) is 13.8 Å². The first-order valence-electron chi connectivity index (χ1n) is 5.87. The lowest BCUT2D eigenvalue weighted by molar-refractivity contribution is -0.137. The number of rotatable bonds is 6. The molecule has 1 atom stereocenters. The van der Waals surface area contributed by atoms with Crippen molar-refractivity contribution in [3.05, 3.63) is 24.0 Å². The maximum atomic E-state index is 12.2. The van der Waals surface area contributed by atoms with E-state index in [1.807, 2.05) is 0 Å². The zero-order valence-electron chi connectivity index (χ0n) is 11.1. The minimum Gasteiger partial charge on any atom is -0.481 e. The Morgan fingerprint density at radius 3 is 2.70 bits per heavy atom. The smallest absolute Gasteiger partial charge is 0.304 e. The van der Waals surface area contributed by atoms with Crippen molar-refractivity contribution in [3.63, 3.8) is 0 Å². The molecule has 8 heteroatoms. The maximum absolute atomic E-state index is 12.2. The topological polar surface area (TPSA) is 120 Å². The van der Waals surface area contributed by atoms with Crippen LogP contribution in [0.5, 0.6) is 0 Å². The molecule has 0 saturated heterocycles. The van der Waals surface area contributed by atoms with Crippen molar-refractivity contribution in [2.24, 2.45) is 5.92 Å². The van der Waals surface area contributed by atoms with Crippen molar-refractivity contribution >= 4 is 16.0 Å². The zero-order chi connectivity index (χ0) is 15.3. The van der Waals surface area contributed by atoms with Crippen LogP contribution in [0.15, 0.2) is 23.2 Å². The fourth-order valence-electron chi connectivity index (χ4n) is 1.56. The molecule has 0 aliphatic rings. The summed E-state index contributed by atoms with van der Waals surface area (Å²) in [5.41, 5.74) is -0.224. The van der Waals surface area contributed by atoms with Crippen molar-refractivity contribution in [1.29, 1.82) is 5.26 Å². The van der Waals surface area contributed by atoms with Gasteiger partial charge in [-0.05, 0) is 18.1 Å². The molecule has 0 radical (unpaired) electrons. The van der Waals surface area contributed by atoms with Gasteiger partial charge in [0.1, 0.15) is 11.0 Å². The second-order valence-electron chi connectivity index (χ2n) is 4.53. The highest BCUT2D eigenvalue weighted by molar-refractivity contribution is 7.89. The standard InChI is InChI=1S/C12H15N3O4S/c1-8(2)9(6-12(16)17)15-20(18,19)11-4-3-5-14-10(11)7-13/h3-5,8-9,15H,6H2,1-2H3,(H,16,17). The predicted octanol–water partition coefficient (Wildman–Crippen LogP) is 0.731. The van der Waals surface area contributed by atoms with Gasteiger partial charge in [0, 0.05) is 12.2 Å². The molecular formula is C12H15N3O4S. The second-order valence-corrected chi connectivity index (χ2v) is 6.21. The van der Waals surface area contributed by atoms with Gasteiger partial charge in [0.05, 0.1) is 6.42 Å². The van der Waals surface area contributed by atoms with E-state index < -0.39 is 22.0 Å². The fourth-order valence-corrected chi connectivity index (χ4v) is 3.05. The number of hydrogen-bond acceptors (Lipinski definition) is 5. The van der Waals surface area contributed by atoms with Gasteiger partial charge in [-0.3, -0.25) is 4.79 Å². The Balaban J connectivity index is 3.10. The normalized spacial score (nSPS) is 12.9. The average molecular weight is 297 g/mol. The van der Waals surface area contributed by atoms with Crippen LogP contribution < -0.4 is 4.72 Å². The Hall–Kier alpha value is -1.98. The molecule has 2 N–H and O–H groups in total. The van der Waals surface area contributed by atoms with Crippen LogP contribution in [0.2, 0.25) is 0 Å². The number of nitrogens with zero attached hydrogens (tertiary/aromatic N) is 2. The number of hydrogen-bond donors (Lipinski definition) is 2. The summed E-state index contributed by atoms with van der Waals surface area (Å²) in [5.74, 6) is -1.30. The number of sulfonamides is 1. The van der Waals surface area contributed by atoms with Gasteiger partial charge in [-0.2, -0.15) is 5.26 Å². The summed E-state index contributed by atoms with van der Waals surface area (Å²) >= 11 is 0. The van der Waals surface area contributed by atoms with E-state index >= 15 is 0 Å². The third-order valence-electron chi connectivity index (χ3n) is 2.67. The van der Waals surface area contributed by atoms with Gasteiger partial charge in [0.15, 0.2) is 5.69 Å². The van der Waals surface area contributed by atoms with E-state index in [4.69, 9.17) is 10.4 Å². The van der Waals surface area contributed by atoms with Crippen LogP contribution in [0, 0.1) is 17.2 Å². The van der Waals surface area contributed by atoms with Crippen LogP contribution in [0.3, 0.4) is 0 Å². The number of carbonyl (C=O) groups is 1. The summed E-state index contributed by atoms with van der Waals surface area (Å²) in [4.78, 5) is 14.2. The van der Waals surface area contributed by atoms with Crippen molar-refractivity contribution in [3.8, 4) is 6.07 Å². The van der Waals surface area contributed by atoms with E-state index in [0.717, 1.165) is 0 Å². The fraction of sp³-hybridized carbons (Fsp3) is 0.417. The van der Waals surface area contributed by atoms with Gasteiger partial charge in [0.2, 0.25) is 10.0 Å². The molecule has 108 valence electrons. The van der Waals surface area contributed by atoms with E-state index in [-0.39, 0.29) is 22.9 Å². The summed E-state index contributed by atoms with van der Waals surface area (Å²) in [6, 6.07) is 3.59. The Kier molecular flexibility index (Phi) is 5.19. The molecule has 0 aromatic carbocycles. The van der Waals surface area contributed by atoms with E-state index in [2.05, 4.69) is 9.71 Å². The first-order chi connectivity index (χ1) is 9.27. The summed E-state index contributed by atoms with van der Waals surface area (Å²) in [6.45, 7) is 3.43. The van der Waals surface area contributed by atoms with Gasteiger partial charge in [-0.15, -0.1) is 0 Å². The Morgan fingerprint density at radius 1 is 1.55 bits per heavy atom. The molecule has 0 spiro atoms. The molecule has 1 aromatic rings. The summed E-state index contributed by atoms with van der Waals surface area (Å²) in [6.07, 6.45) is 0.980. The van der Waals surface area contributed by atoms with Crippen molar-refractivity contribution in [1.82, 2.24) is 9.71 Å². The molecule has 1 rings (SSSR count). The summed E-state index contributed by atoms with van der Waals surface area (Å²) in [5, 5.41) is 17.7. The number of nitrogens with one attached hydrogen (secondary N) is 1. The largest absolute Gasteiger partial charge is 0.481 e. The van der Waals surface area contributed by atoms with E-state index in [1.165, 1.54) is 18.3 Å². The highest BCUT2D eigenvalue weighted by Gasteiger charge is 2.26. The summed E-state index contributed by atoms with van der Waals surface area (Å²) in [7, 11) is -3.99. The molecule has 0 aliphatic carbocycles. The number of nitriles is 1. The molecule has 0 bridgehead atoms. The van der Waals surface area contributed by atoms with Gasteiger partial charge >= 0.3 is 5.97 Å². The van der Waals surface area contributed by atoms with Crippen molar-refractivity contribution in [2.45, 2.75) is 31.2 Å². The molecule has 0 saturated carbocycles. The molecular weight excluding hydrogens is 282 g/mol. The maximum Gasteiger partial charge on any atom is 0.304 e. The van der Waals surface area contributed by atoms with Crippen LogP contribution >= 0.6 is 0 Å². The predicted molar refractivity (Wildman–Crippen MR) is 70.2 cm³/mol. The molecule has 7 nitrogen and oxygen atoms in total. The zero-order valence-corrected chi connectivity index (χ0v) is 11.9. The molecule has 1 heterocycles. The van der Waals surface area contributed by atoms with E-state index in [1.54, 1.807) is 19.9 Å². The second kappa shape index (κ2) is 6.45. The lowest BCUT2D eigenvalue weighted by atomic mass is 10.0. The molecule has 1 aromatic heterocycles. The number of aromatic nitrogens is 1. The minimum absolute atomic E-state index is 0.205. The van der Waals surface area contributed by atoms with Crippen LogP contribution in [0.25, 0.3) is 0 Å². The quantitative estimate of drug-likeness (QED) is 0.798. The van der Waals surface area contributed by atoms with E-state index in [9.17, 15) is 13.2 Å². The molecule has 0 fully saturated rings. The Labute approximate surface area is 117 Å². The molecule has 1 unspecified atom stereocenters. The Bertz CT molecular complexity index is 634. The SMILES string of the molecule is CC(C)C(CC(=O)O)NS(=O)(=O)c1cccnc1C#N. The first kappa shape index (κ1) is 16.1. The highest BCUT2D eigenvalue weighted by atomic mass is 32.2. The van der Waals surface area contributed by atoms with Crippen molar-refractivity contribution < 1.29 is 18.3 Å². The third-order valence-corrected chi connectivity index (χ3v) is 4.19. The van der Waals surface area contributed by atoms with Crippen LogP contribution in [0.1, 0.15) is 26.0 Å². The Morgan fingerprint density at radius 2 is 2.20 bits per heavy atom. The van der Waals surface area contributed by atoms with Crippen LogP contribution in [-0.2, 0) is 14.8 Å². The van der Waals surface area contributed by atoms with Gasteiger partial charge < -0.3 is 5.11 Å². The summed E-state index contributed by atoms with van der Waals surface area (Å²) < 4.78 is 26.7. The molecule has 0 aliphatic heterocycles. The number of aliphatic carboxylic acids is 1. The van der Waals surface area contributed by atoms with Gasteiger partial charge in [0.25, 0.3) is 0 Å². The first-order valence-corrected chi connectivity index (χ1v) is 7.35. The van der Waals surface area contributed by atoms with Gasteiger partial charge in [-0.25, -0.2) is 18.1 Å². The third kappa shape index (κ3) is 4.01. The monoisotopic (exact) mass is 297 g/mol. The minimum atomic E-state index is -3.99. The van der Waals surface area contributed by atoms with Crippen LogP contribution in [-0.4, -0.2) is 30.5 Å². The highest BCUT2D eigenvalue weighted by Crippen LogP contribution is 2.15. The number of carboxylic acids is 1. The lowest BCUT2D eigenvalue weighted by Gasteiger charge is -2.20. The van der Waals surface area contributed by atoms with Crippen molar-refractivity contribution in [2.75, 3.05) is 0 Å². The average Bonchev–Trinajstić information content (AvgIpc) is 2.37. The number of carboxylic acid groups (broad SMARTS) is 1. The van der Waals surface area contributed by atoms with Crippen LogP contribution in [0.4, 0.5) is 0 Å². The van der Waals surface area contributed by atoms with E-state index in [0.29, 0.717) is 0 Å². The lowest BCUT2D eigenvalue weighted by Crippen LogP contribution is -2.40.